The number of halogens is 3. The molecule has 0 bridgehead atoms. The number of aromatic nitrogens is 3. The van der Waals surface area contributed by atoms with Crippen LogP contribution in [0, 0.1) is 18.2 Å². The van der Waals surface area contributed by atoms with E-state index in [0.29, 0.717) is 15.4 Å². The third-order valence-electron chi connectivity index (χ3n) is 6.16. The molecule has 186 valence electrons. The van der Waals surface area contributed by atoms with Crippen molar-refractivity contribution in [3.05, 3.63) is 52.9 Å². The van der Waals surface area contributed by atoms with E-state index in [1.807, 2.05) is 0 Å². The molecule has 1 aliphatic carbocycles. The first-order valence-electron chi connectivity index (χ1n) is 12.2. The second-order valence-corrected chi connectivity index (χ2v) is 10.4. The van der Waals surface area contributed by atoms with E-state index >= 15 is 0 Å². The molecule has 3 aromatic rings. The Labute approximate surface area is 208 Å². The zero-order valence-corrected chi connectivity index (χ0v) is 19.7. The summed E-state index contributed by atoms with van der Waals surface area (Å²) in [5, 5.41) is 24.0. The molecular formula is C24H25F3N4O3S. The molecule has 2 aromatic heterocycles. The summed E-state index contributed by atoms with van der Waals surface area (Å²) in [4.78, 5) is 23.8. The number of alkyl halides is 3. The molecule has 1 aromatic carbocycles. The number of benzene rings is 1. The van der Waals surface area contributed by atoms with Crippen LogP contribution in [0.15, 0.2) is 36.7 Å². The molecule has 0 radical (unpaired) electrons. The molecule has 35 heavy (non-hydrogen) atoms. The molecular weight excluding hydrogens is 481 g/mol. The number of aliphatic carboxylic acids is 1. The van der Waals surface area contributed by atoms with Crippen LogP contribution < -0.4 is 5.32 Å². The van der Waals surface area contributed by atoms with Crippen LogP contribution in [0.5, 0.6) is 0 Å². The Balaban J connectivity index is 1.68. The zero-order chi connectivity index (χ0) is 28.1. The second-order valence-electron chi connectivity index (χ2n) is 9.34. The molecule has 1 fully saturated rings. The molecule has 0 amide bonds. The van der Waals surface area contributed by atoms with Crippen LogP contribution in [-0.4, -0.2) is 31.1 Å². The van der Waals surface area contributed by atoms with Gasteiger partial charge in [-0.3, -0.25) is 4.79 Å². The highest BCUT2D eigenvalue weighted by Crippen LogP contribution is 2.51. The summed E-state index contributed by atoms with van der Waals surface area (Å²) in [7, 11) is 0. The van der Waals surface area contributed by atoms with Crippen molar-refractivity contribution >= 4 is 28.9 Å². The lowest BCUT2D eigenvalue weighted by molar-refractivity contribution is -0.154. The van der Waals surface area contributed by atoms with Gasteiger partial charge in [-0.15, -0.1) is 11.3 Å². The fraction of sp³-hybridized carbons (Fsp3) is 0.417. The number of aliphatic hydroxyl groups is 1. The first kappa shape index (κ1) is 21.3. The molecule has 0 aliphatic heterocycles. The Morgan fingerprint density at radius 1 is 1.29 bits per heavy atom. The first-order valence-corrected chi connectivity index (χ1v) is 11.5. The first-order chi connectivity index (χ1) is 17.5. The SMILES string of the molecule is [2H]C([2H])([2H])c1cc(Nc2nccc(C(F)(F)F)n2)cc(-c2cnc([C@]3(O)CC[C@@H](C(=O)O)C(C)(C)C3)s2)c1. The van der Waals surface area contributed by atoms with Gasteiger partial charge in [-0.1, -0.05) is 19.9 Å². The van der Waals surface area contributed by atoms with Gasteiger partial charge in [0.2, 0.25) is 5.95 Å². The van der Waals surface area contributed by atoms with Crippen molar-refractivity contribution in [3.8, 4) is 10.4 Å². The average Bonchev–Trinajstić information content (AvgIpc) is 3.28. The number of carbonyl (C=O) groups is 1. The van der Waals surface area contributed by atoms with E-state index in [1.54, 1.807) is 13.8 Å². The monoisotopic (exact) mass is 509 g/mol. The van der Waals surface area contributed by atoms with E-state index in [1.165, 1.54) is 24.4 Å². The Hall–Kier alpha value is -3.05. The lowest BCUT2D eigenvalue weighted by Crippen LogP contribution is -2.44. The summed E-state index contributed by atoms with van der Waals surface area (Å²) in [5.41, 5.74) is -2.69. The third kappa shape index (κ3) is 5.30. The molecule has 3 N–H and O–H groups in total. The van der Waals surface area contributed by atoms with Gasteiger partial charge in [0.15, 0.2) is 0 Å². The minimum absolute atomic E-state index is 0.0683. The summed E-state index contributed by atoms with van der Waals surface area (Å²) >= 11 is 1.14. The molecule has 0 spiro atoms. The number of carboxylic acids is 1. The maximum absolute atomic E-state index is 13.1. The second kappa shape index (κ2) is 8.87. The van der Waals surface area contributed by atoms with Crippen molar-refractivity contribution in [2.75, 3.05) is 5.32 Å². The Bertz CT molecular complexity index is 1360. The Kier molecular flexibility index (Phi) is 5.38. The van der Waals surface area contributed by atoms with Crippen molar-refractivity contribution in [2.24, 2.45) is 11.3 Å². The van der Waals surface area contributed by atoms with Crippen LogP contribution in [0.2, 0.25) is 0 Å². The van der Waals surface area contributed by atoms with Crippen molar-refractivity contribution in [1.29, 1.82) is 0 Å². The van der Waals surface area contributed by atoms with E-state index in [-0.39, 0.29) is 36.5 Å². The van der Waals surface area contributed by atoms with Crippen molar-refractivity contribution in [3.63, 3.8) is 0 Å². The highest BCUT2D eigenvalue weighted by molar-refractivity contribution is 7.15. The van der Waals surface area contributed by atoms with Crippen LogP contribution in [0.25, 0.3) is 10.4 Å². The van der Waals surface area contributed by atoms with Gasteiger partial charge in [0, 0.05) is 22.2 Å². The largest absolute Gasteiger partial charge is 0.481 e. The molecule has 0 saturated heterocycles. The summed E-state index contributed by atoms with van der Waals surface area (Å²) in [6, 6.07) is 4.97. The van der Waals surface area contributed by atoms with Crippen LogP contribution in [0.1, 0.15) is 53.5 Å². The van der Waals surface area contributed by atoms with Crippen LogP contribution in [0.3, 0.4) is 0 Å². The van der Waals surface area contributed by atoms with Crippen LogP contribution >= 0.6 is 11.3 Å². The molecule has 7 nitrogen and oxygen atoms in total. The quantitative estimate of drug-likeness (QED) is 0.401. The Morgan fingerprint density at radius 3 is 2.71 bits per heavy atom. The molecule has 11 heteroatoms. The maximum atomic E-state index is 13.1. The maximum Gasteiger partial charge on any atom is 0.433 e. The number of nitrogens with one attached hydrogen (secondary N) is 1. The summed E-state index contributed by atoms with van der Waals surface area (Å²) < 4.78 is 62.7. The van der Waals surface area contributed by atoms with Gasteiger partial charge in [-0.2, -0.15) is 13.2 Å². The summed E-state index contributed by atoms with van der Waals surface area (Å²) in [6.07, 6.45) is -1.59. The number of anilines is 2. The number of aryl methyl sites for hydroxylation is 1. The van der Waals surface area contributed by atoms with Gasteiger partial charge in [-0.25, -0.2) is 15.0 Å². The van der Waals surface area contributed by atoms with E-state index in [2.05, 4.69) is 20.3 Å². The van der Waals surface area contributed by atoms with E-state index in [4.69, 9.17) is 4.11 Å². The van der Waals surface area contributed by atoms with Crippen molar-refractivity contribution in [1.82, 2.24) is 15.0 Å². The highest BCUT2D eigenvalue weighted by atomic mass is 32.1. The van der Waals surface area contributed by atoms with E-state index in [9.17, 15) is 28.2 Å². The van der Waals surface area contributed by atoms with Gasteiger partial charge in [0.05, 0.1) is 10.8 Å². The number of nitrogens with zero attached hydrogens (tertiary/aromatic N) is 3. The number of hydrogen-bond donors (Lipinski definition) is 3. The predicted octanol–water partition coefficient (Wildman–Crippen LogP) is 5.77. The zero-order valence-electron chi connectivity index (χ0n) is 21.8. The summed E-state index contributed by atoms with van der Waals surface area (Å²) in [5.74, 6) is -1.88. The van der Waals surface area contributed by atoms with Gasteiger partial charge in [0.1, 0.15) is 16.3 Å². The fourth-order valence-electron chi connectivity index (χ4n) is 4.55. The third-order valence-corrected chi connectivity index (χ3v) is 7.40. The van der Waals surface area contributed by atoms with Crippen molar-refractivity contribution < 1.29 is 32.3 Å². The predicted molar refractivity (Wildman–Crippen MR) is 125 cm³/mol. The number of carboxylic acid groups (broad SMARTS) is 1. The molecule has 4 rings (SSSR count). The molecule has 0 unspecified atom stereocenters. The van der Waals surface area contributed by atoms with E-state index < -0.39 is 41.6 Å². The van der Waals surface area contributed by atoms with Crippen molar-refractivity contribution in [2.45, 2.75) is 51.7 Å². The van der Waals surface area contributed by atoms with Crippen LogP contribution in [-0.2, 0) is 16.6 Å². The van der Waals surface area contributed by atoms with Crippen LogP contribution in [0.4, 0.5) is 24.8 Å². The fourth-order valence-corrected chi connectivity index (χ4v) is 5.57. The van der Waals surface area contributed by atoms with Gasteiger partial charge in [0.25, 0.3) is 0 Å². The van der Waals surface area contributed by atoms with Gasteiger partial charge < -0.3 is 15.5 Å². The Morgan fingerprint density at radius 2 is 2.06 bits per heavy atom. The lowest BCUT2D eigenvalue weighted by atomic mass is 9.63. The molecule has 2 atom stereocenters. The standard InChI is InChI=1S/C24H25F3N4O3S/c1-13-8-14(10-15(9-13)30-21-28-7-5-18(31-21)24(25,26)27)17-11-29-20(35-17)23(34)6-4-16(19(32)33)22(2,3)12-23/h5,7-11,16,34H,4,6,12H2,1-3H3,(H,32,33)(H,28,30,31)/t16-,23-/m0/s1/i1D3. The minimum Gasteiger partial charge on any atom is -0.481 e. The number of rotatable bonds is 5. The number of hydrogen-bond acceptors (Lipinski definition) is 7. The number of thiazole rings is 1. The minimum atomic E-state index is -4.68. The molecule has 1 saturated carbocycles. The van der Waals surface area contributed by atoms with E-state index in [0.717, 1.165) is 23.6 Å². The molecule has 1 aliphatic rings. The van der Waals surface area contributed by atoms with Gasteiger partial charge >= 0.3 is 12.1 Å². The topological polar surface area (TPSA) is 108 Å². The summed E-state index contributed by atoms with van der Waals surface area (Å²) in [6.45, 7) is 1.06. The molecule has 2 heterocycles. The highest BCUT2D eigenvalue weighted by Gasteiger charge is 2.49. The smallest absolute Gasteiger partial charge is 0.433 e. The normalized spacial score (nSPS) is 23.7. The average molecular weight is 510 g/mol. The lowest BCUT2D eigenvalue weighted by Gasteiger charge is -2.44. The van der Waals surface area contributed by atoms with Gasteiger partial charge in [-0.05, 0) is 60.9 Å².